The Morgan fingerprint density at radius 2 is 1.28 bits per heavy atom. The number of aliphatic hydroxyl groups is 2. The third-order valence-corrected chi connectivity index (χ3v) is 12.1. The molecule has 0 aliphatic heterocycles. The summed E-state index contributed by atoms with van der Waals surface area (Å²) in [7, 11) is 0. The molecule has 0 radical (unpaired) electrons. The maximum Gasteiger partial charge on any atom is 0.333 e. The van der Waals surface area contributed by atoms with Crippen molar-refractivity contribution in [3.63, 3.8) is 0 Å². The van der Waals surface area contributed by atoms with E-state index in [1.165, 1.54) is 68.1 Å². The van der Waals surface area contributed by atoms with Gasteiger partial charge in [0.2, 0.25) is 0 Å². The molecule has 0 unspecified atom stereocenters. The topological polar surface area (TPSA) is 102 Å². The number of benzene rings is 2. The maximum absolute atomic E-state index is 12.1. The lowest BCUT2D eigenvalue weighted by atomic mass is 9.68. The summed E-state index contributed by atoms with van der Waals surface area (Å²) >= 11 is 0. The number of ether oxygens (including phenoxy) is 3. The first kappa shape index (κ1) is 43.3. The lowest BCUT2D eigenvalue weighted by Gasteiger charge is -2.37. The molecule has 2 aliphatic carbocycles. The first-order chi connectivity index (χ1) is 25.9. The summed E-state index contributed by atoms with van der Waals surface area (Å²) in [6, 6.07) is 11.5. The molecule has 0 bridgehead atoms. The van der Waals surface area contributed by atoms with E-state index in [1.807, 2.05) is 6.92 Å². The van der Waals surface area contributed by atoms with E-state index in [2.05, 4.69) is 57.3 Å². The number of carbonyl (C=O) groups is 2. The fourth-order valence-corrected chi connectivity index (χ4v) is 8.30. The predicted molar refractivity (Wildman–Crippen MR) is 218 cm³/mol. The molecule has 0 spiro atoms. The van der Waals surface area contributed by atoms with Gasteiger partial charge in [0.05, 0.1) is 33.0 Å². The molecule has 2 aromatic carbocycles. The molecule has 0 heterocycles. The van der Waals surface area contributed by atoms with E-state index in [0.717, 1.165) is 46.6 Å². The summed E-state index contributed by atoms with van der Waals surface area (Å²) in [6.45, 7) is 17.7. The zero-order valence-corrected chi connectivity index (χ0v) is 34.0. The van der Waals surface area contributed by atoms with E-state index in [-0.39, 0.29) is 26.4 Å². The Balaban J connectivity index is 1.62. The molecule has 54 heavy (non-hydrogen) atoms. The van der Waals surface area contributed by atoms with Gasteiger partial charge in [0.1, 0.15) is 5.75 Å². The maximum atomic E-state index is 12.1. The van der Waals surface area contributed by atoms with Crippen LogP contribution in [0.1, 0.15) is 133 Å². The van der Waals surface area contributed by atoms with Gasteiger partial charge in [-0.2, -0.15) is 0 Å². The fraction of sp³-hybridized carbons (Fsp3) is 0.617. The summed E-state index contributed by atoms with van der Waals surface area (Å²) in [6.07, 6.45) is 14.7. The third-order valence-electron chi connectivity index (χ3n) is 12.1. The van der Waals surface area contributed by atoms with Gasteiger partial charge in [-0.25, -0.2) is 9.59 Å². The van der Waals surface area contributed by atoms with E-state index in [4.69, 9.17) is 14.2 Å². The number of hydrogen-bond donors (Lipinski definition) is 2. The summed E-state index contributed by atoms with van der Waals surface area (Å²) < 4.78 is 17.4. The molecule has 298 valence electrons. The number of hydrogen-bond acceptors (Lipinski definition) is 7. The molecule has 0 atom stereocenters. The van der Waals surface area contributed by atoms with Crippen molar-refractivity contribution in [3.8, 4) is 16.9 Å². The molecule has 4 rings (SSSR count). The largest absolute Gasteiger partial charge is 0.493 e. The Labute approximate surface area is 325 Å². The minimum atomic E-state index is -0.667. The second-order valence-corrected chi connectivity index (χ2v) is 16.8. The van der Waals surface area contributed by atoms with Crippen LogP contribution >= 0.6 is 0 Å². The summed E-state index contributed by atoms with van der Waals surface area (Å²) in [5.41, 5.74) is 7.18. The van der Waals surface area contributed by atoms with Crippen LogP contribution in [0.2, 0.25) is 0 Å². The van der Waals surface area contributed by atoms with Gasteiger partial charge in [-0.3, -0.25) is 0 Å². The molecular weight excluding hydrogens is 677 g/mol. The van der Waals surface area contributed by atoms with Crippen LogP contribution in [0.25, 0.3) is 11.1 Å². The minimum Gasteiger partial charge on any atom is -0.493 e. The monoisotopic (exact) mass is 744 g/mol. The van der Waals surface area contributed by atoms with Crippen molar-refractivity contribution in [1.82, 2.24) is 0 Å². The number of aryl methyl sites for hydroxylation is 3. The van der Waals surface area contributed by atoms with Gasteiger partial charge in [0.25, 0.3) is 0 Å². The number of esters is 2. The lowest BCUT2D eigenvalue weighted by Crippen LogP contribution is -2.28. The van der Waals surface area contributed by atoms with E-state index in [1.54, 1.807) is 13.8 Å². The molecule has 0 aromatic heterocycles. The number of aliphatic hydroxyl groups excluding tert-OH is 2. The van der Waals surface area contributed by atoms with E-state index in [0.29, 0.717) is 55.8 Å². The van der Waals surface area contributed by atoms with Gasteiger partial charge in [-0.05, 0) is 160 Å². The van der Waals surface area contributed by atoms with Crippen LogP contribution in [-0.4, -0.2) is 55.2 Å². The predicted octanol–water partition coefficient (Wildman–Crippen LogP) is 9.88. The molecule has 0 saturated heterocycles. The van der Waals surface area contributed by atoms with Crippen molar-refractivity contribution in [2.75, 3.05) is 33.0 Å². The molecular formula is C47H68O7. The molecule has 2 fully saturated rings. The second-order valence-electron chi connectivity index (χ2n) is 16.8. The van der Waals surface area contributed by atoms with E-state index in [9.17, 15) is 19.8 Å². The Bertz CT molecular complexity index is 1500. The normalized spacial score (nSPS) is 20.3. The first-order valence-corrected chi connectivity index (χ1v) is 20.7. The smallest absolute Gasteiger partial charge is 0.333 e. The molecule has 2 saturated carbocycles. The van der Waals surface area contributed by atoms with Gasteiger partial charge in [0.15, 0.2) is 0 Å². The molecule has 7 heteroatoms. The average Bonchev–Trinajstić information content (AvgIpc) is 3.18. The fourth-order valence-electron chi connectivity index (χ4n) is 8.30. The van der Waals surface area contributed by atoms with Crippen molar-refractivity contribution in [1.29, 1.82) is 0 Å². The van der Waals surface area contributed by atoms with Crippen molar-refractivity contribution in [2.24, 2.45) is 23.2 Å². The number of rotatable bonds is 20. The van der Waals surface area contributed by atoms with Gasteiger partial charge in [-0.1, -0.05) is 65.0 Å². The van der Waals surface area contributed by atoms with E-state index < -0.39 is 17.4 Å². The Kier molecular flexibility index (Phi) is 16.9. The summed E-state index contributed by atoms with van der Waals surface area (Å²) in [4.78, 5) is 24.3. The average molecular weight is 745 g/mol. The van der Waals surface area contributed by atoms with Crippen LogP contribution < -0.4 is 4.74 Å². The molecule has 0 amide bonds. The lowest BCUT2D eigenvalue weighted by molar-refractivity contribution is -0.139. The SMILES string of the molecule is C=C(C)C(=O)OCCCc1cc(-c2ccc(C3CCC(C4CCC(C)CC4)CC3)cc2CC)cc(CCCOC(=O)C(=C)C)c1OCCC(C)(CO)CO. The highest BCUT2D eigenvalue weighted by Crippen LogP contribution is 2.45. The van der Waals surface area contributed by atoms with Crippen LogP contribution in [0.3, 0.4) is 0 Å². The van der Waals surface area contributed by atoms with Gasteiger partial charge < -0.3 is 24.4 Å². The second kappa shape index (κ2) is 21.0. The van der Waals surface area contributed by atoms with Crippen LogP contribution in [0.5, 0.6) is 5.75 Å². The zero-order valence-electron chi connectivity index (χ0n) is 34.0. The Morgan fingerprint density at radius 1 is 0.759 bits per heavy atom. The van der Waals surface area contributed by atoms with Crippen molar-refractivity contribution >= 4 is 11.9 Å². The van der Waals surface area contributed by atoms with Crippen molar-refractivity contribution in [2.45, 2.75) is 130 Å². The highest BCUT2D eigenvalue weighted by atomic mass is 16.5. The minimum absolute atomic E-state index is 0.148. The Morgan fingerprint density at radius 3 is 1.76 bits per heavy atom. The van der Waals surface area contributed by atoms with Crippen LogP contribution in [0, 0.1) is 23.2 Å². The standard InChI is InChI=1S/C47H68O7/c1-8-35-27-39(38-19-17-37(18-20-38)36-15-13-34(6)14-16-36)21-22-43(35)42-28-40(11-9-24-53-45(50)32(2)3)44(52-26-23-47(7,30-48)31-49)41(29-42)12-10-25-54-46(51)33(4)5/h21-22,27-29,34,36-38,48-49H,2,4,8-20,23-26,30-31H2,1,3,5-7H3. The Hall–Kier alpha value is -3.42. The molecule has 2 N–H and O–H groups in total. The quantitative estimate of drug-likeness (QED) is 0.0791. The van der Waals surface area contributed by atoms with Gasteiger partial charge in [0, 0.05) is 16.6 Å². The molecule has 2 aromatic rings. The molecule has 7 nitrogen and oxygen atoms in total. The van der Waals surface area contributed by atoms with Crippen LogP contribution in [0.4, 0.5) is 0 Å². The van der Waals surface area contributed by atoms with Crippen LogP contribution in [0.15, 0.2) is 54.6 Å². The first-order valence-electron chi connectivity index (χ1n) is 20.7. The summed E-state index contributed by atoms with van der Waals surface area (Å²) in [5, 5.41) is 19.8. The number of carbonyl (C=O) groups excluding carboxylic acids is 2. The van der Waals surface area contributed by atoms with Crippen LogP contribution in [-0.2, 0) is 38.3 Å². The highest BCUT2D eigenvalue weighted by molar-refractivity contribution is 5.87. The zero-order chi connectivity index (χ0) is 39.3. The van der Waals surface area contributed by atoms with Crippen molar-refractivity contribution in [3.05, 3.63) is 76.9 Å². The highest BCUT2D eigenvalue weighted by Gasteiger charge is 2.31. The molecule has 2 aliphatic rings. The van der Waals surface area contributed by atoms with Gasteiger partial charge in [-0.15, -0.1) is 0 Å². The summed E-state index contributed by atoms with van der Waals surface area (Å²) in [5.74, 6) is 3.29. The van der Waals surface area contributed by atoms with Crippen molar-refractivity contribution < 1.29 is 34.0 Å². The van der Waals surface area contributed by atoms with Gasteiger partial charge >= 0.3 is 11.9 Å². The van der Waals surface area contributed by atoms with E-state index >= 15 is 0 Å². The third kappa shape index (κ3) is 12.3.